The third kappa shape index (κ3) is 2.89. The highest BCUT2D eigenvalue weighted by atomic mass is 35.5. The molecule has 0 aromatic heterocycles. The maximum Gasteiger partial charge on any atom is 0.0842 e. The summed E-state index contributed by atoms with van der Waals surface area (Å²) in [4.78, 5) is 0. The third-order valence-electron chi connectivity index (χ3n) is 2.94. The molecule has 16 heavy (non-hydrogen) atoms. The van der Waals surface area contributed by atoms with Gasteiger partial charge < -0.3 is 10.2 Å². The van der Waals surface area contributed by atoms with Crippen molar-refractivity contribution >= 4 is 23.2 Å². The highest BCUT2D eigenvalue weighted by Crippen LogP contribution is 2.35. The Balaban J connectivity index is 2.04. The van der Waals surface area contributed by atoms with E-state index in [9.17, 15) is 10.2 Å². The summed E-state index contributed by atoms with van der Waals surface area (Å²) in [6, 6.07) is 5.14. The molecule has 1 aromatic rings. The van der Waals surface area contributed by atoms with Crippen molar-refractivity contribution in [3.8, 4) is 0 Å². The number of aliphatic hydroxyl groups excluding tert-OH is 2. The quantitative estimate of drug-likeness (QED) is 0.874. The van der Waals surface area contributed by atoms with E-state index >= 15 is 0 Å². The highest BCUT2D eigenvalue weighted by Gasteiger charge is 2.34. The zero-order valence-corrected chi connectivity index (χ0v) is 10.2. The summed E-state index contributed by atoms with van der Waals surface area (Å²) in [7, 11) is 0. The molecule has 1 fully saturated rings. The van der Waals surface area contributed by atoms with E-state index in [-0.39, 0.29) is 5.92 Å². The number of halogens is 2. The Morgan fingerprint density at radius 1 is 1.25 bits per heavy atom. The first-order chi connectivity index (χ1) is 7.58. The molecule has 2 rings (SSSR count). The van der Waals surface area contributed by atoms with Crippen molar-refractivity contribution in [1.82, 2.24) is 0 Å². The van der Waals surface area contributed by atoms with Crippen LogP contribution in [0.25, 0.3) is 0 Å². The Kier molecular flexibility index (Phi) is 3.75. The number of rotatable bonds is 4. The molecule has 2 nitrogen and oxygen atoms in total. The summed E-state index contributed by atoms with van der Waals surface area (Å²) in [6.07, 6.45) is 0.943. The van der Waals surface area contributed by atoms with Gasteiger partial charge >= 0.3 is 0 Å². The van der Waals surface area contributed by atoms with E-state index in [1.54, 1.807) is 18.2 Å². The van der Waals surface area contributed by atoms with Gasteiger partial charge in [0, 0.05) is 16.5 Å². The van der Waals surface area contributed by atoms with E-state index in [1.807, 2.05) is 0 Å². The van der Waals surface area contributed by atoms with Gasteiger partial charge in [-0.25, -0.2) is 0 Å². The largest absolute Gasteiger partial charge is 0.390 e. The second-order valence-corrected chi connectivity index (χ2v) is 5.18. The second kappa shape index (κ2) is 4.92. The maximum absolute atomic E-state index is 9.85. The fourth-order valence-electron chi connectivity index (χ4n) is 1.80. The number of hydrogen-bond donors (Lipinski definition) is 2. The molecule has 2 unspecified atom stereocenters. The minimum absolute atomic E-state index is 0.257. The van der Waals surface area contributed by atoms with Gasteiger partial charge in [-0.1, -0.05) is 23.2 Å². The molecule has 0 radical (unpaired) electrons. The predicted molar refractivity (Wildman–Crippen MR) is 64.9 cm³/mol. The fourth-order valence-corrected chi connectivity index (χ4v) is 2.19. The fraction of sp³-hybridized carbons (Fsp3) is 0.500. The Morgan fingerprint density at radius 2 is 1.94 bits per heavy atom. The van der Waals surface area contributed by atoms with Crippen molar-refractivity contribution in [2.24, 2.45) is 5.92 Å². The molecule has 0 saturated heterocycles. The zero-order valence-electron chi connectivity index (χ0n) is 8.74. The van der Waals surface area contributed by atoms with Gasteiger partial charge in [-0.05, 0) is 42.5 Å². The summed E-state index contributed by atoms with van der Waals surface area (Å²) in [5.74, 6) is 0.257. The zero-order chi connectivity index (χ0) is 11.7. The van der Waals surface area contributed by atoms with Crippen molar-refractivity contribution in [3.63, 3.8) is 0 Å². The van der Waals surface area contributed by atoms with Crippen LogP contribution in [0.1, 0.15) is 18.4 Å². The van der Waals surface area contributed by atoms with Crippen LogP contribution in [0.4, 0.5) is 0 Å². The van der Waals surface area contributed by atoms with Crippen LogP contribution in [-0.2, 0) is 6.42 Å². The van der Waals surface area contributed by atoms with Gasteiger partial charge in [-0.2, -0.15) is 0 Å². The van der Waals surface area contributed by atoms with Crippen molar-refractivity contribution in [1.29, 1.82) is 0 Å². The minimum Gasteiger partial charge on any atom is -0.390 e. The first-order valence-electron chi connectivity index (χ1n) is 5.38. The predicted octanol–water partition coefficient (Wildman–Crippen LogP) is 2.67. The lowest BCUT2D eigenvalue weighted by Crippen LogP contribution is -2.29. The Hall–Kier alpha value is -0.280. The second-order valence-electron chi connectivity index (χ2n) is 4.34. The van der Waals surface area contributed by atoms with Crippen LogP contribution in [0.3, 0.4) is 0 Å². The molecule has 88 valence electrons. The molecule has 1 saturated carbocycles. The lowest BCUT2D eigenvalue weighted by Gasteiger charge is -2.17. The molecule has 1 aliphatic rings. The van der Waals surface area contributed by atoms with Crippen molar-refractivity contribution in [2.45, 2.75) is 31.5 Å². The first kappa shape index (κ1) is 12.2. The van der Waals surface area contributed by atoms with Crippen LogP contribution in [0.5, 0.6) is 0 Å². The van der Waals surface area contributed by atoms with Gasteiger partial charge in [0.1, 0.15) is 0 Å². The van der Waals surface area contributed by atoms with Crippen LogP contribution in [0.15, 0.2) is 18.2 Å². The van der Waals surface area contributed by atoms with Gasteiger partial charge in [0.25, 0.3) is 0 Å². The van der Waals surface area contributed by atoms with Gasteiger partial charge in [0.2, 0.25) is 0 Å². The van der Waals surface area contributed by atoms with E-state index in [0.717, 1.165) is 18.4 Å². The number of hydrogen-bond acceptors (Lipinski definition) is 2. The standard InChI is InChI=1S/C12H14Cl2O2/c13-9-3-4-10(14)8(5-9)6-11(15)12(16)7-1-2-7/h3-5,7,11-12,15-16H,1-2,6H2. The molecule has 0 spiro atoms. The normalized spacial score (nSPS) is 19.5. The van der Waals surface area contributed by atoms with Crippen LogP contribution in [-0.4, -0.2) is 22.4 Å². The third-order valence-corrected chi connectivity index (χ3v) is 3.54. The first-order valence-corrected chi connectivity index (χ1v) is 6.13. The lowest BCUT2D eigenvalue weighted by atomic mass is 10.0. The highest BCUT2D eigenvalue weighted by molar-refractivity contribution is 6.33. The summed E-state index contributed by atoms with van der Waals surface area (Å²) in [6.45, 7) is 0. The smallest absolute Gasteiger partial charge is 0.0842 e. The van der Waals surface area contributed by atoms with Crippen LogP contribution < -0.4 is 0 Å². The van der Waals surface area contributed by atoms with E-state index in [2.05, 4.69) is 0 Å². The summed E-state index contributed by atoms with van der Waals surface area (Å²) in [5.41, 5.74) is 0.779. The topological polar surface area (TPSA) is 40.5 Å². The minimum atomic E-state index is -0.761. The van der Waals surface area contributed by atoms with Crippen LogP contribution >= 0.6 is 23.2 Å². The molecular formula is C12H14Cl2O2. The van der Waals surface area contributed by atoms with E-state index in [1.165, 1.54) is 0 Å². The summed E-state index contributed by atoms with van der Waals surface area (Å²) < 4.78 is 0. The summed E-state index contributed by atoms with van der Waals surface area (Å²) in [5, 5.41) is 20.8. The summed E-state index contributed by atoms with van der Waals surface area (Å²) >= 11 is 11.8. The maximum atomic E-state index is 9.85. The number of benzene rings is 1. The Morgan fingerprint density at radius 3 is 2.56 bits per heavy atom. The van der Waals surface area contributed by atoms with E-state index in [4.69, 9.17) is 23.2 Å². The average molecular weight is 261 g/mol. The van der Waals surface area contributed by atoms with Crippen LogP contribution in [0.2, 0.25) is 10.0 Å². The van der Waals surface area contributed by atoms with Gasteiger partial charge in [0.15, 0.2) is 0 Å². The molecule has 0 aliphatic heterocycles. The van der Waals surface area contributed by atoms with Crippen molar-refractivity contribution in [2.75, 3.05) is 0 Å². The van der Waals surface area contributed by atoms with E-state index in [0.29, 0.717) is 16.5 Å². The number of aliphatic hydroxyl groups is 2. The molecule has 2 N–H and O–H groups in total. The van der Waals surface area contributed by atoms with Gasteiger partial charge in [-0.15, -0.1) is 0 Å². The average Bonchev–Trinajstić information content (AvgIpc) is 3.06. The molecule has 0 bridgehead atoms. The molecular weight excluding hydrogens is 247 g/mol. The Labute approximate surface area is 105 Å². The Bertz CT molecular complexity index is 377. The SMILES string of the molecule is OC(Cc1cc(Cl)ccc1Cl)C(O)C1CC1. The lowest BCUT2D eigenvalue weighted by molar-refractivity contribution is 0.00674. The molecule has 2 atom stereocenters. The van der Waals surface area contributed by atoms with Gasteiger partial charge in [0.05, 0.1) is 12.2 Å². The molecule has 4 heteroatoms. The molecule has 1 aromatic carbocycles. The monoisotopic (exact) mass is 260 g/mol. The van der Waals surface area contributed by atoms with Crippen molar-refractivity contribution in [3.05, 3.63) is 33.8 Å². The molecule has 0 amide bonds. The molecule has 1 aliphatic carbocycles. The molecule has 0 heterocycles. The van der Waals surface area contributed by atoms with Gasteiger partial charge in [-0.3, -0.25) is 0 Å². The van der Waals surface area contributed by atoms with E-state index < -0.39 is 12.2 Å². The van der Waals surface area contributed by atoms with Crippen LogP contribution in [0, 0.1) is 5.92 Å². The van der Waals surface area contributed by atoms with Crippen molar-refractivity contribution < 1.29 is 10.2 Å².